The Labute approximate surface area is 112 Å². The Morgan fingerprint density at radius 1 is 1.25 bits per heavy atom. The van der Waals surface area contributed by atoms with Crippen LogP contribution in [0.1, 0.15) is 5.56 Å². The third kappa shape index (κ3) is 2.82. The first-order chi connectivity index (χ1) is 7.65. The van der Waals surface area contributed by atoms with Crippen LogP contribution < -0.4 is 4.74 Å². The first kappa shape index (κ1) is 11.6. The number of aromatic nitrogens is 2. The third-order valence-electron chi connectivity index (χ3n) is 1.89. The summed E-state index contributed by atoms with van der Waals surface area (Å²) in [5.74, 6) is 0.563. The Kier molecular flexibility index (Phi) is 3.60. The number of hydrogen-bond acceptors (Lipinski definition) is 3. The van der Waals surface area contributed by atoms with E-state index in [9.17, 15) is 0 Å². The van der Waals surface area contributed by atoms with Crippen LogP contribution in [0.5, 0.6) is 11.8 Å². The van der Waals surface area contributed by atoms with E-state index in [4.69, 9.17) is 16.3 Å². The number of ether oxygens (including phenoxy) is 1. The molecule has 0 aliphatic carbocycles. The quantitative estimate of drug-likeness (QED) is 0.775. The van der Waals surface area contributed by atoms with Gasteiger partial charge < -0.3 is 4.74 Å². The van der Waals surface area contributed by atoms with Gasteiger partial charge in [0.1, 0.15) is 5.75 Å². The number of hydrogen-bond donors (Lipinski definition) is 0. The van der Waals surface area contributed by atoms with Crippen LogP contribution in [0.25, 0.3) is 0 Å². The number of halogens is 2. The summed E-state index contributed by atoms with van der Waals surface area (Å²) < 4.78 is 6.42. The third-order valence-corrected chi connectivity index (χ3v) is 2.74. The maximum atomic E-state index is 6.03. The van der Waals surface area contributed by atoms with Crippen LogP contribution in [-0.2, 0) is 0 Å². The number of aryl methyl sites for hydroxylation is 1. The first-order valence-corrected chi connectivity index (χ1v) is 6.02. The van der Waals surface area contributed by atoms with Crippen molar-refractivity contribution in [1.82, 2.24) is 9.97 Å². The molecule has 0 saturated heterocycles. The van der Waals surface area contributed by atoms with Gasteiger partial charge in [-0.3, -0.25) is 0 Å². The van der Waals surface area contributed by atoms with E-state index in [1.54, 1.807) is 18.5 Å². The van der Waals surface area contributed by atoms with Gasteiger partial charge in [-0.25, -0.2) is 9.97 Å². The van der Waals surface area contributed by atoms with Crippen molar-refractivity contribution in [2.75, 3.05) is 0 Å². The fourth-order valence-electron chi connectivity index (χ4n) is 1.14. The average molecular weight is 347 g/mol. The van der Waals surface area contributed by atoms with Gasteiger partial charge in [0, 0.05) is 16.0 Å². The number of rotatable bonds is 2. The van der Waals surface area contributed by atoms with E-state index in [2.05, 4.69) is 32.6 Å². The van der Waals surface area contributed by atoms with Gasteiger partial charge in [0.25, 0.3) is 0 Å². The maximum Gasteiger partial charge on any atom is 0.321 e. The van der Waals surface area contributed by atoms with Gasteiger partial charge in [-0.15, -0.1) is 0 Å². The standard InChI is InChI=1S/C11H8ClIN2O/c1-7-2-3-10(9(12)4-7)16-11-14-5-8(13)6-15-11/h2-6H,1H3. The zero-order chi connectivity index (χ0) is 11.5. The highest BCUT2D eigenvalue weighted by molar-refractivity contribution is 14.1. The van der Waals surface area contributed by atoms with Crippen molar-refractivity contribution in [3.8, 4) is 11.8 Å². The van der Waals surface area contributed by atoms with E-state index in [0.29, 0.717) is 16.8 Å². The highest BCUT2D eigenvalue weighted by atomic mass is 127. The van der Waals surface area contributed by atoms with E-state index < -0.39 is 0 Å². The predicted molar refractivity (Wildman–Crippen MR) is 71.0 cm³/mol. The Morgan fingerprint density at radius 2 is 1.94 bits per heavy atom. The molecule has 0 atom stereocenters. The molecule has 1 heterocycles. The predicted octanol–water partition coefficient (Wildman–Crippen LogP) is 3.84. The minimum atomic E-state index is 0.297. The second-order valence-corrected chi connectivity index (χ2v) is 4.87. The molecule has 0 amide bonds. The van der Waals surface area contributed by atoms with Gasteiger partial charge in [-0.2, -0.15) is 0 Å². The second-order valence-electron chi connectivity index (χ2n) is 3.22. The van der Waals surface area contributed by atoms with Crippen LogP contribution in [-0.4, -0.2) is 9.97 Å². The minimum absolute atomic E-state index is 0.297. The number of nitrogens with zero attached hydrogens (tertiary/aromatic N) is 2. The molecule has 82 valence electrons. The molecular formula is C11H8ClIN2O. The SMILES string of the molecule is Cc1ccc(Oc2ncc(I)cn2)c(Cl)c1. The van der Waals surface area contributed by atoms with Crippen molar-refractivity contribution in [2.24, 2.45) is 0 Å². The molecule has 1 aromatic heterocycles. The van der Waals surface area contributed by atoms with E-state index in [1.165, 1.54) is 0 Å². The van der Waals surface area contributed by atoms with Crippen molar-refractivity contribution < 1.29 is 4.74 Å². The lowest BCUT2D eigenvalue weighted by Crippen LogP contribution is -1.92. The van der Waals surface area contributed by atoms with Crippen molar-refractivity contribution in [2.45, 2.75) is 6.92 Å². The largest absolute Gasteiger partial charge is 0.423 e. The Hall–Kier alpha value is -0.880. The van der Waals surface area contributed by atoms with E-state index in [-0.39, 0.29) is 0 Å². The van der Waals surface area contributed by atoms with Crippen LogP contribution in [0.15, 0.2) is 30.6 Å². The molecule has 0 saturated carbocycles. The van der Waals surface area contributed by atoms with Crippen LogP contribution in [0.2, 0.25) is 5.02 Å². The van der Waals surface area contributed by atoms with Crippen LogP contribution in [0.3, 0.4) is 0 Å². The minimum Gasteiger partial charge on any atom is -0.423 e. The van der Waals surface area contributed by atoms with E-state index in [1.807, 2.05) is 19.1 Å². The van der Waals surface area contributed by atoms with E-state index in [0.717, 1.165) is 9.13 Å². The summed E-state index contributed by atoms with van der Waals surface area (Å²) in [6.07, 6.45) is 3.37. The summed E-state index contributed by atoms with van der Waals surface area (Å²) in [5.41, 5.74) is 1.08. The van der Waals surface area contributed by atoms with Gasteiger partial charge in [-0.05, 0) is 47.2 Å². The molecule has 0 N–H and O–H groups in total. The molecule has 0 radical (unpaired) electrons. The molecule has 2 aromatic rings. The summed E-state index contributed by atoms with van der Waals surface area (Å²) >= 11 is 8.16. The molecule has 5 heteroatoms. The second kappa shape index (κ2) is 4.97. The van der Waals surface area contributed by atoms with Crippen molar-refractivity contribution >= 4 is 34.2 Å². The molecule has 2 rings (SSSR count). The van der Waals surface area contributed by atoms with Crippen LogP contribution in [0, 0.1) is 10.5 Å². The lowest BCUT2D eigenvalue weighted by Gasteiger charge is -2.05. The summed E-state index contributed by atoms with van der Waals surface area (Å²) in [5, 5.41) is 0.558. The zero-order valence-electron chi connectivity index (χ0n) is 8.45. The number of benzene rings is 1. The van der Waals surface area contributed by atoms with Crippen molar-refractivity contribution in [1.29, 1.82) is 0 Å². The molecule has 0 spiro atoms. The van der Waals surface area contributed by atoms with Gasteiger partial charge in [0.2, 0.25) is 0 Å². The zero-order valence-corrected chi connectivity index (χ0v) is 11.4. The molecule has 16 heavy (non-hydrogen) atoms. The first-order valence-electron chi connectivity index (χ1n) is 4.57. The average Bonchev–Trinajstić information content (AvgIpc) is 2.25. The Balaban J connectivity index is 2.23. The normalized spacial score (nSPS) is 10.2. The fourth-order valence-corrected chi connectivity index (χ4v) is 1.69. The summed E-state index contributed by atoms with van der Waals surface area (Å²) in [6.45, 7) is 1.97. The van der Waals surface area contributed by atoms with Gasteiger partial charge >= 0.3 is 6.01 Å². The highest BCUT2D eigenvalue weighted by Crippen LogP contribution is 2.28. The Morgan fingerprint density at radius 3 is 2.56 bits per heavy atom. The lowest BCUT2D eigenvalue weighted by molar-refractivity contribution is 0.441. The van der Waals surface area contributed by atoms with Crippen molar-refractivity contribution in [3.63, 3.8) is 0 Å². The lowest BCUT2D eigenvalue weighted by atomic mass is 10.2. The highest BCUT2D eigenvalue weighted by Gasteiger charge is 2.04. The van der Waals surface area contributed by atoms with E-state index >= 15 is 0 Å². The molecule has 0 unspecified atom stereocenters. The van der Waals surface area contributed by atoms with Gasteiger partial charge in [0.05, 0.1) is 5.02 Å². The van der Waals surface area contributed by atoms with Crippen molar-refractivity contribution in [3.05, 3.63) is 44.7 Å². The topological polar surface area (TPSA) is 35.0 Å². The molecule has 3 nitrogen and oxygen atoms in total. The molecular weight excluding hydrogens is 338 g/mol. The smallest absolute Gasteiger partial charge is 0.321 e. The molecule has 0 aliphatic rings. The van der Waals surface area contributed by atoms with Crippen LogP contribution >= 0.6 is 34.2 Å². The molecule has 0 fully saturated rings. The summed E-state index contributed by atoms with van der Waals surface area (Å²) in [7, 11) is 0. The molecule has 0 bridgehead atoms. The molecule has 0 aliphatic heterocycles. The van der Waals surface area contributed by atoms with Crippen LogP contribution in [0.4, 0.5) is 0 Å². The maximum absolute atomic E-state index is 6.03. The fraction of sp³-hybridized carbons (Fsp3) is 0.0909. The summed E-state index contributed by atoms with van der Waals surface area (Å²) in [4.78, 5) is 8.08. The van der Waals surface area contributed by atoms with Gasteiger partial charge in [-0.1, -0.05) is 17.7 Å². The summed E-state index contributed by atoms with van der Waals surface area (Å²) in [6, 6.07) is 5.86. The monoisotopic (exact) mass is 346 g/mol. The van der Waals surface area contributed by atoms with Gasteiger partial charge in [0.15, 0.2) is 0 Å². The molecule has 1 aromatic carbocycles. The Bertz CT molecular complexity index is 502.